The van der Waals surface area contributed by atoms with E-state index in [4.69, 9.17) is 16.7 Å². The summed E-state index contributed by atoms with van der Waals surface area (Å²) in [6.45, 7) is -0.424. The number of carboxylic acids is 1. The first-order valence-electron chi connectivity index (χ1n) is 7.09. The molecule has 0 unspecified atom stereocenters. The molecule has 0 amide bonds. The third-order valence-electron chi connectivity index (χ3n) is 3.55. The highest BCUT2D eigenvalue weighted by Gasteiger charge is 2.14. The lowest BCUT2D eigenvalue weighted by Crippen LogP contribution is -2.28. The van der Waals surface area contributed by atoms with Gasteiger partial charge in [0.15, 0.2) is 0 Å². The zero-order chi connectivity index (χ0) is 17.3. The molecular formula is C17H12BrClN2O3. The average molecular weight is 408 g/mol. The maximum absolute atomic E-state index is 12.7. The van der Waals surface area contributed by atoms with Crippen LogP contribution in [0.4, 0.5) is 0 Å². The topological polar surface area (TPSA) is 72.2 Å². The summed E-state index contributed by atoms with van der Waals surface area (Å²) >= 11 is 9.36. The largest absolute Gasteiger partial charge is 0.480 e. The van der Waals surface area contributed by atoms with E-state index in [0.717, 1.165) is 10.0 Å². The number of carbonyl (C=O) groups is 1. The Morgan fingerprint density at radius 2 is 1.92 bits per heavy atom. The molecule has 7 heteroatoms. The van der Waals surface area contributed by atoms with Gasteiger partial charge in [0.2, 0.25) is 0 Å². The van der Waals surface area contributed by atoms with Gasteiger partial charge >= 0.3 is 5.97 Å². The quantitative estimate of drug-likeness (QED) is 0.718. The fraction of sp³-hybridized carbons (Fsp3) is 0.118. The maximum atomic E-state index is 12.7. The van der Waals surface area contributed by atoms with Crippen LogP contribution in [0.2, 0.25) is 5.02 Å². The van der Waals surface area contributed by atoms with Gasteiger partial charge in [0, 0.05) is 15.9 Å². The van der Waals surface area contributed by atoms with Gasteiger partial charge in [-0.1, -0.05) is 39.7 Å². The Hall–Kier alpha value is -2.18. The standard InChI is InChI=1S/C17H12BrClN2O3/c18-11-3-1-10(2-4-11)7-14-17(24)21(9-16(22)23)15-6-5-12(19)8-13(15)20-14/h1-6,8H,7,9H2,(H,22,23). The van der Waals surface area contributed by atoms with Crippen LogP contribution in [0.25, 0.3) is 11.0 Å². The van der Waals surface area contributed by atoms with Crippen LogP contribution in [0.5, 0.6) is 0 Å². The lowest BCUT2D eigenvalue weighted by atomic mass is 10.1. The number of hydrogen-bond donors (Lipinski definition) is 1. The normalized spacial score (nSPS) is 10.9. The summed E-state index contributed by atoms with van der Waals surface area (Å²) in [4.78, 5) is 28.2. The highest BCUT2D eigenvalue weighted by molar-refractivity contribution is 9.10. The Morgan fingerprint density at radius 3 is 2.58 bits per heavy atom. The van der Waals surface area contributed by atoms with Crippen molar-refractivity contribution < 1.29 is 9.90 Å². The van der Waals surface area contributed by atoms with Gasteiger partial charge in [-0.2, -0.15) is 0 Å². The second-order valence-electron chi connectivity index (χ2n) is 5.28. The van der Waals surface area contributed by atoms with Crippen molar-refractivity contribution in [3.05, 3.63) is 73.6 Å². The van der Waals surface area contributed by atoms with Crippen LogP contribution in [-0.2, 0) is 17.8 Å². The predicted molar refractivity (Wildman–Crippen MR) is 95.6 cm³/mol. The van der Waals surface area contributed by atoms with E-state index in [1.807, 2.05) is 24.3 Å². The van der Waals surface area contributed by atoms with Crippen LogP contribution < -0.4 is 5.56 Å². The van der Waals surface area contributed by atoms with E-state index in [2.05, 4.69) is 20.9 Å². The Labute approximate surface area is 150 Å². The lowest BCUT2D eigenvalue weighted by molar-refractivity contribution is -0.137. The van der Waals surface area contributed by atoms with Crippen molar-refractivity contribution in [2.24, 2.45) is 0 Å². The molecule has 2 aromatic carbocycles. The molecule has 5 nitrogen and oxygen atoms in total. The summed E-state index contributed by atoms with van der Waals surface area (Å²) in [5.74, 6) is -1.09. The average Bonchev–Trinajstić information content (AvgIpc) is 2.53. The zero-order valence-electron chi connectivity index (χ0n) is 12.4. The van der Waals surface area contributed by atoms with Gasteiger partial charge in [0.05, 0.1) is 11.0 Å². The van der Waals surface area contributed by atoms with Crippen molar-refractivity contribution in [1.82, 2.24) is 9.55 Å². The first-order valence-corrected chi connectivity index (χ1v) is 8.26. The number of benzene rings is 2. The number of halogens is 2. The van der Waals surface area contributed by atoms with E-state index in [1.54, 1.807) is 18.2 Å². The number of rotatable bonds is 4. The highest BCUT2D eigenvalue weighted by Crippen LogP contribution is 2.18. The third kappa shape index (κ3) is 3.49. The fourth-order valence-corrected chi connectivity index (χ4v) is 2.91. The molecule has 0 fully saturated rings. The third-order valence-corrected chi connectivity index (χ3v) is 4.32. The van der Waals surface area contributed by atoms with E-state index in [-0.39, 0.29) is 5.69 Å². The predicted octanol–water partition coefficient (Wildman–Crippen LogP) is 3.49. The highest BCUT2D eigenvalue weighted by atomic mass is 79.9. The summed E-state index contributed by atoms with van der Waals surface area (Å²) in [5.41, 5.74) is 1.73. The molecule has 24 heavy (non-hydrogen) atoms. The number of hydrogen-bond acceptors (Lipinski definition) is 3. The Morgan fingerprint density at radius 1 is 1.21 bits per heavy atom. The molecule has 1 N–H and O–H groups in total. The molecule has 0 saturated heterocycles. The van der Waals surface area contributed by atoms with Gasteiger partial charge in [-0.3, -0.25) is 14.2 Å². The molecule has 1 aromatic heterocycles. The first-order chi connectivity index (χ1) is 11.4. The summed E-state index contributed by atoms with van der Waals surface area (Å²) < 4.78 is 2.16. The number of nitrogens with zero attached hydrogens (tertiary/aromatic N) is 2. The number of aromatic nitrogens is 2. The summed E-state index contributed by atoms with van der Waals surface area (Å²) in [6, 6.07) is 12.4. The van der Waals surface area contributed by atoms with Gasteiger partial charge < -0.3 is 5.11 Å². The minimum absolute atomic E-state index is 0.285. The molecule has 122 valence electrons. The SMILES string of the molecule is O=C(O)Cn1c(=O)c(Cc2ccc(Br)cc2)nc2cc(Cl)ccc21. The van der Waals surface area contributed by atoms with E-state index in [1.165, 1.54) is 4.57 Å². The van der Waals surface area contributed by atoms with Crippen molar-refractivity contribution in [3.63, 3.8) is 0 Å². The monoisotopic (exact) mass is 406 g/mol. The minimum Gasteiger partial charge on any atom is -0.480 e. The van der Waals surface area contributed by atoms with Gasteiger partial charge in [-0.15, -0.1) is 0 Å². The molecule has 0 radical (unpaired) electrons. The van der Waals surface area contributed by atoms with Crippen LogP contribution in [0.1, 0.15) is 11.3 Å². The van der Waals surface area contributed by atoms with Crippen molar-refractivity contribution in [2.75, 3.05) is 0 Å². The van der Waals surface area contributed by atoms with Crippen LogP contribution in [-0.4, -0.2) is 20.6 Å². The van der Waals surface area contributed by atoms with Crippen molar-refractivity contribution in [2.45, 2.75) is 13.0 Å². The summed E-state index contributed by atoms with van der Waals surface area (Å²) in [5, 5.41) is 9.58. The van der Waals surface area contributed by atoms with E-state index in [9.17, 15) is 9.59 Å². The summed E-state index contributed by atoms with van der Waals surface area (Å²) in [7, 11) is 0. The molecule has 0 atom stereocenters. The minimum atomic E-state index is -1.09. The maximum Gasteiger partial charge on any atom is 0.323 e. The number of carboxylic acid groups (broad SMARTS) is 1. The fourth-order valence-electron chi connectivity index (χ4n) is 2.48. The molecule has 0 aliphatic heterocycles. The molecule has 3 aromatic rings. The number of aliphatic carboxylic acids is 1. The zero-order valence-corrected chi connectivity index (χ0v) is 14.7. The van der Waals surface area contributed by atoms with Gasteiger partial charge in [0.25, 0.3) is 5.56 Å². The molecule has 1 heterocycles. The van der Waals surface area contributed by atoms with Crippen LogP contribution >= 0.6 is 27.5 Å². The lowest BCUT2D eigenvalue weighted by Gasteiger charge is -2.11. The molecule has 3 rings (SSSR count). The van der Waals surface area contributed by atoms with Gasteiger partial charge in [-0.25, -0.2) is 4.98 Å². The van der Waals surface area contributed by atoms with Crippen molar-refractivity contribution >= 4 is 44.5 Å². The molecular weight excluding hydrogens is 396 g/mol. The molecule has 0 bridgehead atoms. The van der Waals surface area contributed by atoms with E-state index >= 15 is 0 Å². The number of fused-ring (bicyclic) bond motifs is 1. The van der Waals surface area contributed by atoms with E-state index < -0.39 is 18.1 Å². The van der Waals surface area contributed by atoms with Crippen LogP contribution in [0.15, 0.2) is 51.7 Å². The van der Waals surface area contributed by atoms with Crippen molar-refractivity contribution in [1.29, 1.82) is 0 Å². The molecule has 0 aliphatic carbocycles. The van der Waals surface area contributed by atoms with E-state index in [0.29, 0.717) is 22.5 Å². The van der Waals surface area contributed by atoms with Crippen LogP contribution in [0, 0.1) is 0 Å². The molecule has 0 spiro atoms. The van der Waals surface area contributed by atoms with Crippen molar-refractivity contribution in [3.8, 4) is 0 Å². The Bertz CT molecular complexity index is 984. The molecule has 0 saturated carbocycles. The Balaban J connectivity index is 2.16. The first kappa shape index (κ1) is 16.7. The smallest absolute Gasteiger partial charge is 0.323 e. The summed E-state index contributed by atoms with van der Waals surface area (Å²) in [6.07, 6.45) is 0.314. The van der Waals surface area contributed by atoms with Gasteiger partial charge in [0.1, 0.15) is 12.2 Å². The second kappa shape index (κ2) is 6.75. The Kier molecular flexibility index (Phi) is 4.69. The van der Waals surface area contributed by atoms with Crippen LogP contribution in [0.3, 0.4) is 0 Å². The molecule has 0 aliphatic rings. The van der Waals surface area contributed by atoms with Gasteiger partial charge in [-0.05, 0) is 35.9 Å². The second-order valence-corrected chi connectivity index (χ2v) is 6.63.